The Morgan fingerprint density at radius 1 is 1.17 bits per heavy atom. The lowest BCUT2D eigenvalue weighted by Gasteiger charge is -2.32. The van der Waals surface area contributed by atoms with Crippen LogP contribution in [-0.2, 0) is 6.61 Å². The molecule has 0 heterocycles. The van der Waals surface area contributed by atoms with E-state index in [-0.39, 0.29) is 25.1 Å². The molecule has 1 aromatic carbocycles. The third-order valence-corrected chi connectivity index (χ3v) is 3.18. The van der Waals surface area contributed by atoms with Gasteiger partial charge in [0.1, 0.15) is 5.82 Å². The number of anilines is 1. The lowest BCUT2D eigenvalue weighted by atomic mass is 10.1. The van der Waals surface area contributed by atoms with Crippen LogP contribution in [0.15, 0.2) is 18.2 Å². The lowest BCUT2D eigenvalue weighted by Crippen LogP contribution is -2.36. The van der Waals surface area contributed by atoms with Gasteiger partial charge in [-0.3, -0.25) is 0 Å². The van der Waals surface area contributed by atoms with Gasteiger partial charge in [0.15, 0.2) is 0 Å². The Balaban J connectivity index is 3.07. The summed E-state index contributed by atoms with van der Waals surface area (Å²) in [6, 6.07) is 4.82. The van der Waals surface area contributed by atoms with Crippen LogP contribution in [0, 0.1) is 5.82 Å². The molecule has 0 fully saturated rings. The summed E-state index contributed by atoms with van der Waals surface area (Å²) in [7, 11) is 0. The van der Waals surface area contributed by atoms with E-state index < -0.39 is 0 Å². The van der Waals surface area contributed by atoms with E-state index in [1.165, 1.54) is 12.1 Å². The van der Waals surface area contributed by atoms with E-state index in [0.717, 1.165) is 18.5 Å². The average Bonchev–Trinajstić information content (AvgIpc) is 2.38. The van der Waals surface area contributed by atoms with Gasteiger partial charge in [-0.05, 0) is 36.6 Å². The van der Waals surface area contributed by atoms with Crippen LogP contribution < -0.4 is 4.90 Å². The largest absolute Gasteiger partial charge is 0.395 e. The van der Waals surface area contributed by atoms with Gasteiger partial charge in [0, 0.05) is 18.3 Å². The van der Waals surface area contributed by atoms with Crippen LogP contribution in [0.5, 0.6) is 0 Å². The fraction of sp³-hybridized carbons (Fsp3) is 0.571. The Bertz CT molecular complexity index is 367. The predicted octanol–water partition coefficient (Wildman–Crippen LogP) is 2.31. The van der Waals surface area contributed by atoms with Gasteiger partial charge in [0.2, 0.25) is 0 Å². The molecule has 0 amide bonds. The molecule has 0 aromatic heterocycles. The normalized spacial score (nSPS) is 11.0. The van der Waals surface area contributed by atoms with Crippen LogP contribution in [0.3, 0.4) is 0 Å². The van der Waals surface area contributed by atoms with E-state index in [4.69, 9.17) is 10.2 Å². The number of aliphatic hydroxyl groups excluding tert-OH is 2. The van der Waals surface area contributed by atoms with E-state index in [1.807, 2.05) is 4.90 Å². The lowest BCUT2D eigenvalue weighted by molar-refractivity contribution is 0.281. The highest BCUT2D eigenvalue weighted by atomic mass is 19.1. The summed E-state index contributed by atoms with van der Waals surface area (Å²) in [5.74, 6) is -0.356. The first kappa shape index (κ1) is 14.9. The van der Waals surface area contributed by atoms with Crippen molar-refractivity contribution >= 4 is 5.69 Å². The van der Waals surface area contributed by atoms with Crippen LogP contribution in [-0.4, -0.2) is 29.4 Å². The molecule has 0 radical (unpaired) electrons. The second-order valence-corrected chi connectivity index (χ2v) is 4.36. The summed E-state index contributed by atoms with van der Waals surface area (Å²) in [6.07, 6.45) is 1.86. The molecule has 0 bridgehead atoms. The summed E-state index contributed by atoms with van der Waals surface area (Å²) < 4.78 is 13.5. The Kier molecular flexibility index (Phi) is 6.09. The van der Waals surface area contributed by atoms with E-state index >= 15 is 0 Å². The minimum Gasteiger partial charge on any atom is -0.395 e. The number of aliphatic hydroxyl groups is 2. The summed E-state index contributed by atoms with van der Waals surface area (Å²) >= 11 is 0. The highest BCUT2D eigenvalue weighted by Crippen LogP contribution is 2.23. The van der Waals surface area contributed by atoms with Gasteiger partial charge in [-0.1, -0.05) is 13.8 Å². The second-order valence-electron chi connectivity index (χ2n) is 4.36. The minimum atomic E-state index is -0.356. The summed E-state index contributed by atoms with van der Waals surface area (Å²) in [4.78, 5) is 2.00. The van der Waals surface area contributed by atoms with Crippen molar-refractivity contribution in [2.45, 2.75) is 39.3 Å². The third-order valence-electron chi connectivity index (χ3n) is 3.18. The van der Waals surface area contributed by atoms with Gasteiger partial charge < -0.3 is 15.1 Å². The first-order chi connectivity index (χ1) is 8.65. The monoisotopic (exact) mass is 255 g/mol. The van der Waals surface area contributed by atoms with Gasteiger partial charge in [0.25, 0.3) is 0 Å². The van der Waals surface area contributed by atoms with E-state index in [2.05, 4.69) is 13.8 Å². The molecule has 4 heteroatoms. The first-order valence-electron chi connectivity index (χ1n) is 6.44. The third kappa shape index (κ3) is 3.68. The number of hydrogen-bond donors (Lipinski definition) is 2. The molecular formula is C14H22FNO2. The molecule has 102 valence electrons. The molecule has 1 aromatic rings. The zero-order valence-electron chi connectivity index (χ0n) is 11.1. The standard InChI is InChI=1S/C14H22FNO2/c1-3-13(4-2)16(5-6-17)14-8-11(10-18)7-12(15)9-14/h7-9,13,17-18H,3-6,10H2,1-2H3. The molecule has 2 N–H and O–H groups in total. The molecule has 1 rings (SSSR count). The SMILES string of the molecule is CCC(CC)N(CCO)c1cc(F)cc(CO)c1. The second kappa shape index (κ2) is 7.34. The van der Waals surface area contributed by atoms with Gasteiger partial charge in [0.05, 0.1) is 13.2 Å². The molecule has 0 aliphatic heterocycles. The quantitative estimate of drug-likeness (QED) is 0.785. The number of halogens is 1. The fourth-order valence-corrected chi connectivity index (χ4v) is 2.25. The van der Waals surface area contributed by atoms with Gasteiger partial charge in [-0.2, -0.15) is 0 Å². The zero-order chi connectivity index (χ0) is 13.5. The molecule has 3 nitrogen and oxygen atoms in total. The highest BCUT2D eigenvalue weighted by Gasteiger charge is 2.16. The van der Waals surface area contributed by atoms with Crippen LogP contribution in [0.2, 0.25) is 0 Å². The maximum Gasteiger partial charge on any atom is 0.125 e. The molecule has 0 aliphatic rings. The number of nitrogens with zero attached hydrogens (tertiary/aromatic N) is 1. The molecule has 0 unspecified atom stereocenters. The molecule has 0 spiro atoms. The van der Waals surface area contributed by atoms with Crippen molar-refractivity contribution in [3.05, 3.63) is 29.6 Å². The van der Waals surface area contributed by atoms with Crippen LogP contribution >= 0.6 is 0 Å². The molecule has 18 heavy (non-hydrogen) atoms. The Morgan fingerprint density at radius 3 is 2.33 bits per heavy atom. The van der Waals surface area contributed by atoms with Crippen molar-refractivity contribution in [3.63, 3.8) is 0 Å². The number of hydrogen-bond acceptors (Lipinski definition) is 3. The molecular weight excluding hydrogens is 233 g/mol. The summed E-state index contributed by atoms with van der Waals surface area (Å²) in [6.45, 7) is 4.47. The van der Waals surface area contributed by atoms with E-state index in [9.17, 15) is 4.39 Å². The van der Waals surface area contributed by atoms with Crippen molar-refractivity contribution in [1.29, 1.82) is 0 Å². The fourth-order valence-electron chi connectivity index (χ4n) is 2.25. The van der Waals surface area contributed by atoms with Crippen molar-refractivity contribution in [2.24, 2.45) is 0 Å². The molecule has 0 saturated heterocycles. The van der Waals surface area contributed by atoms with Crippen molar-refractivity contribution in [1.82, 2.24) is 0 Å². The van der Waals surface area contributed by atoms with Crippen molar-refractivity contribution < 1.29 is 14.6 Å². The van der Waals surface area contributed by atoms with Gasteiger partial charge in [-0.25, -0.2) is 4.39 Å². The average molecular weight is 255 g/mol. The van der Waals surface area contributed by atoms with Crippen molar-refractivity contribution in [3.8, 4) is 0 Å². The summed E-state index contributed by atoms with van der Waals surface area (Å²) in [5.41, 5.74) is 1.28. The Hall–Kier alpha value is -1.13. The maximum absolute atomic E-state index is 13.5. The Morgan fingerprint density at radius 2 is 1.83 bits per heavy atom. The zero-order valence-corrected chi connectivity index (χ0v) is 11.1. The smallest absolute Gasteiger partial charge is 0.125 e. The van der Waals surface area contributed by atoms with Crippen LogP contribution in [0.25, 0.3) is 0 Å². The topological polar surface area (TPSA) is 43.7 Å². The minimum absolute atomic E-state index is 0.0292. The molecule has 0 atom stereocenters. The van der Waals surface area contributed by atoms with Gasteiger partial charge in [-0.15, -0.1) is 0 Å². The van der Waals surface area contributed by atoms with Gasteiger partial charge >= 0.3 is 0 Å². The molecule has 0 saturated carbocycles. The number of rotatable bonds is 7. The first-order valence-corrected chi connectivity index (χ1v) is 6.44. The Labute approximate surface area is 108 Å². The van der Waals surface area contributed by atoms with Crippen molar-refractivity contribution in [2.75, 3.05) is 18.1 Å². The van der Waals surface area contributed by atoms with Crippen LogP contribution in [0.1, 0.15) is 32.3 Å². The summed E-state index contributed by atoms with van der Waals surface area (Å²) in [5, 5.41) is 18.3. The number of benzene rings is 1. The van der Waals surface area contributed by atoms with E-state index in [1.54, 1.807) is 6.07 Å². The highest BCUT2D eigenvalue weighted by molar-refractivity contribution is 5.50. The predicted molar refractivity (Wildman–Crippen MR) is 71.1 cm³/mol. The maximum atomic E-state index is 13.5. The molecule has 0 aliphatic carbocycles. The van der Waals surface area contributed by atoms with Crippen LogP contribution in [0.4, 0.5) is 10.1 Å². The van der Waals surface area contributed by atoms with E-state index in [0.29, 0.717) is 12.1 Å².